The topological polar surface area (TPSA) is 52.0 Å². The monoisotopic (exact) mass is 158 g/mol. The van der Waals surface area contributed by atoms with Crippen LogP contribution in [0.3, 0.4) is 0 Å². The van der Waals surface area contributed by atoms with Crippen molar-refractivity contribution in [3.05, 3.63) is 0 Å². The summed E-state index contributed by atoms with van der Waals surface area (Å²) in [6.45, 7) is 5.10. The smallest absolute Gasteiger partial charge is 0.0163 e. The molecule has 0 fully saturated rings. The van der Waals surface area contributed by atoms with E-state index in [9.17, 15) is 0 Å². The first-order valence-electron chi connectivity index (χ1n) is 4.70. The van der Waals surface area contributed by atoms with Gasteiger partial charge in [0.05, 0.1) is 0 Å². The molecule has 2 heteroatoms. The summed E-state index contributed by atoms with van der Waals surface area (Å²) in [4.78, 5) is 0. The van der Waals surface area contributed by atoms with E-state index in [-0.39, 0.29) is 6.04 Å². The molecule has 0 bridgehead atoms. The molecule has 0 aliphatic carbocycles. The van der Waals surface area contributed by atoms with Crippen LogP contribution in [0, 0.1) is 5.92 Å². The first-order chi connectivity index (χ1) is 5.24. The minimum Gasteiger partial charge on any atom is -0.329 e. The van der Waals surface area contributed by atoms with Gasteiger partial charge in [0, 0.05) is 12.6 Å². The van der Waals surface area contributed by atoms with Crippen molar-refractivity contribution in [2.75, 3.05) is 6.54 Å². The molecule has 0 aliphatic heterocycles. The second-order valence-electron chi connectivity index (χ2n) is 3.26. The number of hydrogen-bond acceptors (Lipinski definition) is 2. The first kappa shape index (κ1) is 10.9. The van der Waals surface area contributed by atoms with Crippen LogP contribution >= 0.6 is 0 Å². The maximum absolute atomic E-state index is 5.71. The molecule has 0 aromatic rings. The Kier molecular flexibility index (Phi) is 6.57. The molecule has 0 saturated heterocycles. The Morgan fingerprint density at radius 2 is 1.64 bits per heavy atom. The van der Waals surface area contributed by atoms with Crippen LogP contribution in [0.4, 0.5) is 0 Å². The largest absolute Gasteiger partial charge is 0.329 e. The van der Waals surface area contributed by atoms with E-state index in [1.165, 1.54) is 19.3 Å². The highest BCUT2D eigenvalue weighted by Gasteiger charge is 2.05. The Morgan fingerprint density at radius 3 is 2.00 bits per heavy atom. The molecule has 1 unspecified atom stereocenters. The Balaban J connectivity index is 3.34. The van der Waals surface area contributed by atoms with E-state index in [0.29, 0.717) is 6.54 Å². The van der Waals surface area contributed by atoms with E-state index < -0.39 is 0 Å². The molecule has 68 valence electrons. The van der Waals surface area contributed by atoms with Gasteiger partial charge in [0.15, 0.2) is 0 Å². The van der Waals surface area contributed by atoms with Gasteiger partial charge < -0.3 is 11.5 Å². The lowest BCUT2D eigenvalue weighted by molar-refractivity contribution is 0.418. The SMILES string of the molecule is CCC(CC)CCC(N)CN. The van der Waals surface area contributed by atoms with Gasteiger partial charge in [-0.2, -0.15) is 0 Å². The number of rotatable bonds is 6. The van der Waals surface area contributed by atoms with E-state index in [0.717, 1.165) is 12.3 Å². The predicted molar refractivity (Wildman–Crippen MR) is 50.3 cm³/mol. The molecular weight excluding hydrogens is 136 g/mol. The highest BCUT2D eigenvalue weighted by atomic mass is 14.7. The van der Waals surface area contributed by atoms with Gasteiger partial charge in [-0.25, -0.2) is 0 Å². The second kappa shape index (κ2) is 6.62. The summed E-state index contributed by atoms with van der Waals surface area (Å²) in [5.41, 5.74) is 11.1. The van der Waals surface area contributed by atoms with Crippen molar-refractivity contribution in [2.24, 2.45) is 17.4 Å². The molecule has 0 amide bonds. The Hall–Kier alpha value is -0.0800. The molecule has 0 heterocycles. The van der Waals surface area contributed by atoms with E-state index >= 15 is 0 Å². The molecule has 1 atom stereocenters. The van der Waals surface area contributed by atoms with Crippen LogP contribution in [-0.4, -0.2) is 12.6 Å². The lowest BCUT2D eigenvalue weighted by Crippen LogP contribution is -2.29. The van der Waals surface area contributed by atoms with E-state index in [4.69, 9.17) is 11.5 Å². The van der Waals surface area contributed by atoms with Crippen molar-refractivity contribution < 1.29 is 0 Å². The highest BCUT2D eigenvalue weighted by Crippen LogP contribution is 2.14. The molecule has 0 rings (SSSR count). The summed E-state index contributed by atoms with van der Waals surface area (Å²) in [6.07, 6.45) is 4.87. The maximum Gasteiger partial charge on any atom is 0.0163 e. The van der Waals surface area contributed by atoms with Crippen molar-refractivity contribution in [3.8, 4) is 0 Å². The van der Waals surface area contributed by atoms with Crippen LogP contribution in [0.2, 0.25) is 0 Å². The van der Waals surface area contributed by atoms with Gasteiger partial charge in [-0.15, -0.1) is 0 Å². The average Bonchev–Trinajstić information content (AvgIpc) is 2.06. The molecule has 4 N–H and O–H groups in total. The van der Waals surface area contributed by atoms with Gasteiger partial charge in [0.1, 0.15) is 0 Å². The molecule has 0 aliphatic rings. The molecule has 11 heavy (non-hydrogen) atoms. The van der Waals surface area contributed by atoms with Gasteiger partial charge >= 0.3 is 0 Å². The first-order valence-corrected chi connectivity index (χ1v) is 4.70. The minimum absolute atomic E-state index is 0.218. The summed E-state index contributed by atoms with van der Waals surface area (Å²) in [7, 11) is 0. The van der Waals surface area contributed by atoms with E-state index in [2.05, 4.69) is 13.8 Å². The summed E-state index contributed by atoms with van der Waals surface area (Å²) < 4.78 is 0. The van der Waals surface area contributed by atoms with E-state index in [1.54, 1.807) is 0 Å². The summed E-state index contributed by atoms with van der Waals surface area (Å²) in [5, 5.41) is 0. The Labute approximate surface area is 70.3 Å². The third-order valence-corrected chi connectivity index (χ3v) is 2.40. The fourth-order valence-corrected chi connectivity index (χ4v) is 1.26. The molecule has 0 aromatic carbocycles. The van der Waals surface area contributed by atoms with Crippen LogP contribution in [0.15, 0.2) is 0 Å². The minimum atomic E-state index is 0.218. The lowest BCUT2D eigenvalue weighted by Gasteiger charge is -2.14. The van der Waals surface area contributed by atoms with Gasteiger partial charge in [-0.3, -0.25) is 0 Å². The van der Waals surface area contributed by atoms with E-state index in [1.807, 2.05) is 0 Å². The Bertz CT molecular complexity index is 79.6. The fraction of sp³-hybridized carbons (Fsp3) is 1.00. The molecule has 0 aromatic heterocycles. The van der Waals surface area contributed by atoms with Gasteiger partial charge in [0.2, 0.25) is 0 Å². The molecular formula is C9H22N2. The fourth-order valence-electron chi connectivity index (χ4n) is 1.26. The third-order valence-electron chi connectivity index (χ3n) is 2.40. The summed E-state index contributed by atoms with van der Waals surface area (Å²) in [6, 6.07) is 0.218. The lowest BCUT2D eigenvalue weighted by atomic mass is 9.95. The number of nitrogens with two attached hydrogens (primary N) is 2. The zero-order chi connectivity index (χ0) is 8.69. The normalized spacial score (nSPS) is 13.9. The standard InChI is InChI=1S/C9H22N2/c1-3-8(4-2)5-6-9(11)7-10/h8-9H,3-7,10-11H2,1-2H3. The zero-order valence-corrected chi connectivity index (χ0v) is 7.84. The zero-order valence-electron chi connectivity index (χ0n) is 7.84. The third kappa shape index (κ3) is 5.22. The molecule has 2 nitrogen and oxygen atoms in total. The van der Waals surface area contributed by atoms with Crippen molar-refractivity contribution in [2.45, 2.75) is 45.6 Å². The van der Waals surface area contributed by atoms with Crippen molar-refractivity contribution in [3.63, 3.8) is 0 Å². The van der Waals surface area contributed by atoms with Crippen LogP contribution in [0.5, 0.6) is 0 Å². The van der Waals surface area contributed by atoms with Crippen molar-refractivity contribution in [1.29, 1.82) is 0 Å². The van der Waals surface area contributed by atoms with Crippen LogP contribution in [0.1, 0.15) is 39.5 Å². The predicted octanol–water partition coefficient (Wildman–Crippen LogP) is 1.49. The van der Waals surface area contributed by atoms with Crippen LogP contribution < -0.4 is 11.5 Å². The maximum atomic E-state index is 5.71. The van der Waals surface area contributed by atoms with Crippen molar-refractivity contribution in [1.82, 2.24) is 0 Å². The van der Waals surface area contributed by atoms with Gasteiger partial charge in [-0.05, 0) is 18.8 Å². The highest BCUT2D eigenvalue weighted by molar-refractivity contribution is 4.64. The quantitative estimate of drug-likeness (QED) is 0.615. The van der Waals surface area contributed by atoms with Crippen LogP contribution in [-0.2, 0) is 0 Å². The molecule has 0 spiro atoms. The molecule has 0 saturated carbocycles. The number of hydrogen-bond donors (Lipinski definition) is 2. The second-order valence-corrected chi connectivity index (χ2v) is 3.26. The van der Waals surface area contributed by atoms with Gasteiger partial charge in [-0.1, -0.05) is 26.7 Å². The van der Waals surface area contributed by atoms with Crippen LogP contribution in [0.25, 0.3) is 0 Å². The Morgan fingerprint density at radius 1 is 1.09 bits per heavy atom. The van der Waals surface area contributed by atoms with Gasteiger partial charge in [0.25, 0.3) is 0 Å². The molecule has 0 radical (unpaired) electrons. The van der Waals surface area contributed by atoms with Crippen molar-refractivity contribution >= 4 is 0 Å². The summed E-state index contributed by atoms with van der Waals surface area (Å²) in [5.74, 6) is 0.854. The summed E-state index contributed by atoms with van der Waals surface area (Å²) >= 11 is 0. The average molecular weight is 158 g/mol.